The second-order valence-electron chi connectivity index (χ2n) is 2.48. The Bertz CT molecular complexity index is 313. The van der Waals surface area contributed by atoms with E-state index in [1.807, 2.05) is 18.2 Å². The van der Waals surface area contributed by atoms with Crippen molar-refractivity contribution >= 4 is 27.6 Å². The van der Waals surface area contributed by atoms with Gasteiger partial charge in [-0.3, -0.25) is 0 Å². The predicted octanol–water partition coefficient (Wildman–Crippen LogP) is 3.23. The largest absolute Gasteiger partial charge is 0.465 e. The lowest BCUT2D eigenvalue weighted by Gasteiger charge is -2.05. The smallest absolute Gasteiger partial charge is 0.339 e. The Kier molecular flexibility index (Phi) is 4.90. The third kappa shape index (κ3) is 2.96. The SMILES string of the molecule is CCSSc1ccccc1C(=O)OC. The normalized spacial score (nSPS) is 9.86. The van der Waals surface area contributed by atoms with Crippen LogP contribution in [0, 0.1) is 0 Å². The lowest BCUT2D eigenvalue weighted by atomic mass is 10.2. The monoisotopic (exact) mass is 228 g/mol. The van der Waals surface area contributed by atoms with Gasteiger partial charge in [-0.15, -0.1) is 0 Å². The van der Waals surface area contributed by atoms with Crippen molar-refractivity contribution in [3.8, 4) is 0 Å². The molecule has 1 aromatic rings. The van der Waals surface area contributed by atoms with E-state index < -0.39 is 0 Å². The lowest BCUT2D eigenvalue weighted by Crippen LogP contribution is -2.02. The number of carbonyl (C=O) groups is 1. The minimum Gasteiger partial charge on any atom is -0.465 e. The molecular formula is C10H12O2S2. The van der Waals surface area contributed by atoms with Gasteiger partial charge in [0.25, 0.3) is 0 Å². The lowest BCUT2D eigenvalue weighted by molar-refractivity contribution is 0.0597. The highest BCUT2D eigenvalue weighted by Crippen LogP contribution is 2.33. The summed E-state index contributed by atoms with van der Waals surface area (Å²) in [5.74, 6) is 0.741. The summed E-state index contributed by atoms with van der Waals surface area (Å²) in [4.78, 5) is 12.3. The molecule has 0 radical (unpaired) electrons. The first-order chi connectivity index (χ1) is 6.79. The molecule has 76 valence electrons. The van der Waals surface area contributed by atoms with Crippen LogP contribution in [0.3, 0.4) is 0 Å². The third-order valence-corrected chi connectivity index (χ3v) is 4.05. The summed E-state index contributed by atoms with van der Waals surface area (Å²) in [6, 6.07) is 7.47. The maximum Gasteiger partial charge on any atom is 0.339 e. The molecule has 0 aliphatic rings. The molecular weight excluding hydrogens is 216 g/mol. The Morgan fingerprint density at radius 1 is 1.43 bits per heavy atom. The second kappa shape index (κ2) is 5.98. The van der Waals surface area contributed by atoms with E-state index in [9.17, 15) is 4.79 Å². The second-order valence-corrected chi connectivity index (χ2v) is 5.10. The summed E-state index contributed by atoms with van der Waals surface area (Å²) < 4.78 is 4.70. The Balaban J connectivity index is 2.85. The zero-order chi connectivity index (χ0) is 10.4. The van der Waals surface area contributed by atoms with Crippen LogP contribution in [0.4, 0.5) is 0 Å². The van der Waals surface area contributed by atoms with Crippen LogP contribution >= 0.6 is 21.6 Å². The fourth-order valence-electron chi connectivity index (χ4n) is 0.940. The van der Waals surface area contributed by atoms with Gasteiger partial charge in [0.2, 0.25) is 0 Å². The number of esters is 1. The van der Waals surface area contributed by atoms with Crippen molar-refractivity contribution < 1.29 is 9.53 Å². The van der Waals surface area contributed by atoms with Crippen molar-refractivity contribution in [2.75, 3.05) is 12.9 Å². The number of carbonyl (C=O) groups excluding carboxylic acids is 1. The molecule has 0 fully saturated rings. The topological polar surface area (TPSA) is 26.3 Å². The number of hydrogen-bond donors (Lipinski definition) is 0. The van der Waals surface area contributed by atoms with Gasteiger partial charge in [-0.25, -0.2) is 4.79 Å². The highest BCUT2D eigenvalue weighted by molar-refractivity contribution is 8.76. The van der Waals surface area contributed by atoms with E-state index in [-0.39, 0.29) is 5.97 Å². The van der Waals surface area contributed by atoms with Gasteiger partial charge in [-0.1, -0.05) is 40.6 Å². The van der Waals surface area contributed by atoms with Crippen LogP contribution in [0.15, 0.2) is 29.2 Å². The van der Waals surface area contributed by atoms with Gasteiger partial charge in [-0.2, -0.15) is 0 Å². The van der Waals surface area contributed by atoms with Crippen LogP contribution in [0.1, 0.15) is 17.3 Å². The van der Waals surface area contributed by atoms with E-state index in [1.54, 1.807) is 27.7 Å². The average Bonchev–Trinajstić information content (AvgIpc) is 2.25. The van der Waals surface area contributed by atoms with Crippen LogP contribution in [0.25, 0.3) is 0 Å². The quantitative estimate of drug-likeness (QED) is 0.584. The fourth-order valence-corrected chi connectivity index (χ4v) is 2.73. The molecule has 0 aromatic heterocycles. The van der Waals surface area contributed by atoms with Gasteiger partial charge in [0.1, 0.15) is 0 Å². The minimum absolute atomic E-state index is 0.273. The molecule has 0 bridgehead atoms. The summed E-state index contributed by atoms with van der Waals surface area (Å²) in [6.07, 6.45) is 0. The maximum atomic E-state index is 11.4. The van der Waals surface area contributed by atoms with Gasteiger partial charge in [0.05, 0.1) is 12.7 Å². The van der Waals surface area contributed by atoms with E-state index in [1.165, 1.54) is 7.11 Å². The molecule has 0 N–H and O–H groups in total. The molecule has 0 aliphatic heterocycles. The molecule has 0 amide bonds. The first-order valence-corrected chi connectivity index (χ1v) is 6.58. The fraction of sp³-hybridized carbons (Fsp3) is 0.300. The molecule has 14 heavy (non-hydrogen) atoms. The number of benzene rings is 1. The molecule has 0 heterocycles. The first kappa shape index (κ1) is 11.5. The van der Waals surface area contributed by atoms with Gasteiger partial charge in [0.15, 0.2) is 0 Å². The Morgan fingerprint density at radius 3 is 2.79 bits per heavy atom. The first-order valence-electron chi connectivity index (χ1n) is 4.26. The summed E-state index contributed by atoms with van der Waals surface area (Å²) in [5.41, 5.74) is 0.640. The third-order valence-electron chi connectivity index (χ3n) is 1.56. The van der Waals surface area contributed by atoms with Crippen molar-refractivity contribution in [2.24, 2.45) is 0 Å². The summed E-state index contributed by atoms with van der Waals surface area (Å²) >= 11 is 0. The highest BCUT2D eigenvalue weighted by Gasteiger charge is 2.10. The molecule has 1 aromatic carbocycles. The van der Waals surface area contributed by atoms with Gasteiger partial charge in [-0.05, 0) is 12.1 Å². The van der Waals surface area contributed by atoms with Crippen molar-refractivity contribution in [1.29, 1.82) is 0 Å². The molecule has 0 unspecified atom stereocenters. The summed E-state index contributed by atoms with van der Waals surface area (Å²) in [7, 11) is 4.72. The Hall–Kier alpha value is -0.610. The van der Waals surface area contributed by atoms with E-state index in [0.717, 1.165) is 10.6 Å². The number of hydrogen-bond acceptors (Lipinski definition) is 4. The number of ether oxygens (including phenoxy) is 1. The maximum absolute atomic E-state index is 11.4. The molecule has 0 saturated heterocycles. The zero-order valence-electron chi connectivity index (χ0n) is 8.15. The summed E-state index contributed by atoms with van der Waals surface area (Å²) in [5, 5.41) is 0. The van der Waals surface area contributed by atoms with Gasteiger partial charge in [0, 0.05) is 10.6 Å². The van der Waals surface area contributed by atoms with Gasteiger partial charge >= 0.3 is 5.97 Å². The van der Waals surface area contributed by atoms with Crippen LogP contribution in [-0.4, -0.2) is 18.8 Å². The average molecular weight is 228 g/mol. The predicted molar refractivity (Wildman–Crippen MR) is 61.8 cm³/mol. The van der Waals surface area contributed by atoms with Crippen LogP contribution in [-0.2, 0) is 4.74 Å². The molecule has 0 spiro atoms. The molecule has 0 saturated carbocycles. The number of methoxy groups -OCH3 is 1. The van der Waals surface area contributed by atoms with Crippen molar-refractivity contribution in [3.05, 3.63) is 29.8 Å². The minimum atomic E-state index is -0.273. The molecule has 0 aliphatic carbocycles. The van der Waals surface area contributed by atoms with E-state index in [0.29, 0.717) is 5.56 Å². The van der Waals surface area contributed by atoms with Gasteiger partial charge < -0.3 is 4.74 Å². The van der Waals surface area contributed by atoms with Crippen molar-refractivity contribution in [1.82, 2.24) is 0 Å². The molecule has 4 heteroatoms. The highest BCUT2D eigenvalue weighted by atomic mass is 33.1. The zero-order valence-corrected chi connectivity index (χ0v) is 9.78. The van der Waals surface area contributed by atoms with Crippen LogP contribution in [0.5, 0.6) is 0 Å². The van der Waals surface area contributed by atoms with Crippen LogP contribution in [0.2, 0.25) is 0 Å². The molecule has 1 rings (SSSR count). The Labute approximate surface area is 91.8 Å². The van der Waals surface area contributed by atoms with E-state index >= 15 is 0 Å². The van der Waals surface area contributed by atoms with Crippen molar-refractivity contribution in [3.63, 3.8) is 0 Å². The summed E-state index contributed by atoms with van der Waals surface area (Å²) in [6.45, 7) is 2.08. The molecule has 2 nitrogen and oxygen atoms in total. The Morgan fingerprint density at radius 2 is 2.14 bits per heavy atom. The van der Waals surface area contributed by atoms with E-state index in [2.05, 4.69) is 6.92 Å². The number of rotatable bonds is 4. The standard InChI is InChI=1S/C10H12O2S2/c1-3-13-14-9-7-5-4-6-8(9)10(11)12-2/h4-7H,3H2,1-2H3. The van der Waals surface area contributed by atoms with Crippen molar-refractivity contribution in [2.45, 2.75) is 11.8 Å². The van der Waals surface area contributed by atoms with E-state index in [4.69, 9.17) is 4.74 Å². The molecule has 0 atom stereocenters. The van der Waals surface area contributed by atoms with Crippen LogP contribution < -0.4 is 0 Å².